The molecule has 0 heterocycles. The number of allylic oxidation sites excluding steroid dienone is 1. The van der Waals surface area contributed by atoms with Crippen LogP contribution < -0.4 is 10.7 Å². The molecular formula is C19H18FN3O2. The van der Waals surface area contributed by atoms with Crippen LogP contribution >= 0.6 is 0 Å². The maximum absolute atomic E-state index is 13.4. The number of nitrogens with zero attached hydrogens (tertiary/aromatic N) is 1. The zero-order chi connectivity index (χ0) is 17.9. The monoisotopic (exact) mass is 339 g/mol. The first-order valence-electron chi connectivity index (χ1n) is 7.73. The molecule has 0 saturated carbocycles. The van der Waals surface area contributed by atoms with E-state index >= 15 is 0 Å². The Morgan fingerprint density at radius 3 is 2.52 bits per heavy atom. The number of hydrogen-bond donors (Lipinski definition) is 2. The Morgan fingerprint density at radius 2 is 1.76 bits per heavy atom. The topological polar surface area (TPSA) is 70.6 Å². The van der Waals surface area contributed by atoms with Gasteiger partial charge >= 0.3 is 0 Å². The molecule has 6 heteroatoms. The van der Waals surface area contributed by atoms with Crippen LogP contribution in [0, 0.1) is 5.82 Å². The second-order valence-electron chi connectivity index (χ2n) is 5.07. The van der Waals surface area contributed by atoms with Crippen molar-refractivity contribution in [3.63, 3.8) is 0 Å². The van der Waals surface area contributed by atoms with Crippen molar-refractivity contribution in [3.8, 4) is 0 Å². The highest BCUT2D eigenvalue weighted by atomic mass is 19.1. The lowest BCUT2D eigenvalue weighted by molar-refractivity contribution is -0.120. The van der Waals surface area contributed by atoms with E-state index in [0.29, 0.717) is 0 Å². The number of amides is 2. The van der Waals surface area contributed by atoms with Crippen molar-refractivity contribution in [1.29, 1.82) is 0 Å². The zero-order valence-electron chi connectivity index (χ0n) is 13.5. The van der Waals surface area contributed by atoms with Crippen LogP contribution in [0.2, 0.25) is 0 Å². The average Bonchev–Trinajstić information content (AvgIpc) is 2.62. The summed E-state index contributed by atoms with van der Waals surface area (Å²) in [7, 11) is 0. The Hall–Kier alpha value is -3.28. The molecule has 2 amide bonds. The van der Waals surface area contributed by atoms with E-state index in [1.807, 2.05) is 36.4 Å². The van der Waals surface area contributed by atoms with Gasteiger partial charge in [-0.05, 0) is 23.8 Å². The number of hydrazone groups is 1. The Labute approximate surface area is 145 Å². The molecular weight excluding hydrogens is 321 g/mol. The smallest absolute Gasteiger partial charge is 0.254 e. The van der Waals surface area contributed by atoms with E-state index in [0.717, 1.165) is 5.56 Å². The first-order valence-corrected chi connectivity index (χ1v) is 7.73. The molecule has 0 atom stereocenters. The third-order valence-corrected chi connectivity index (χ3v) is 3.19. The summed E-state index contributed by atoms with van der Waals surface area (Å²) in [4.78, 5) is 23.3. The van der Waals surface area contributed by atoms with Crippen molar-refractivity contribution in [3.05, 3.63) is 77.6 Å². The van der Waals surface area contributed by atoms with E-state index in [1.165, 1.54) is 24.4 Å². The summed E-state index contributed by atoms with van der Waals surface area (Å²) in [6.07, 6.45) is 5.06. The van der Waals surface area contributed by atoms with Gasteiger partial charge in [0.1, 0.15) is 5.82 Å². The Morgan fingerprint density at radius 1 is 1.04 bits per heavy atom. The molecule has 0 aliphatic heterocycles. The largest absolute Gasteiger partial charge is 0.351 e. The SMILES string of the molecule is O=C(CCNC(=O)c1ccccc1F)NN=CC=Cc1ccccc1. The fourth-order valence-corrected chi connectivity index (χ4v) is 1.96. The minimum atomic E-state index is -0.598. The van der Waals surface area contributed by atoms with Gasteiger partial charge in [-0.15, -0.1) is 0 Å². The van der Waals surface area contributed by atoms with E-state index in [-0.39, 0.29) is 24.4 Å². The van der Waals surface area contributed by atoms with Crippen molar-refractivity contribution in [2.45, 2.75) is 6.42 Å². The standard InChI is InChI=1S/C19H18FN3O2/c20-17-11-5-4-10-16(17)19(25)21-14-12-18(24)23-22-13-6-9-15-7-2-1-3-8-15/h1-11,13H,12,14H2,(H,21,25)(H,23,24). The molecule has 0 bridgehead atoms. The lowest BCUT2D eigenvalue weighted by Gasteiger charge is -2.05. The summed E-state index contributed by atoms with van der Waals surface area (Å²) < 4.78 is 13.4. The Kier molecular flexibility index (Phi) is 7.06. The van der Waals surface area contributed by atoms with Gasteiger partial charge in [-0.3, -0.25) is 9.59 Å². The normalized spacial score (nSPS) is 10.9. The van der Waals surface area contributed by atoms with Crippen LogP contribution in [0.4, 0.5) is 4.39 Å². The molecule has 2 aromatic rings. The predicted molar refractivity (Wildman–Crippen MR) is 95.5 cm³/mol. The number of hydrogen-bond acceptors (Lipinski definition) is 3. The second kappa shape index (κ2) is 9.77. The van der Waals surface area contributed by atoms with Gasteiger partial charge in [0, 0.05) is 19.2 Å². The van der Waals surface area contributed by atoms with Gasteiger partial charge in [0.2, 0.25) is 5.91 Å². The van der Waals surface area contributed by atoms with Crippen LogP contribution in [0.1, 0.15) is 22.3 Å². The number of carbonyl (C=O) groups excluding carboxylic acids is 2. The maximum Gasteiger partial charge on any atom is 0.254 e. The molecule has 0 unspecified atom stereocenters. The second-order valence-corrected chi connectivity index (χ2v) is 5.07. The zero-order valence-corrected chi connectivity index (χ0v) is 13.5. The van der Waals surface area contributed by atoms with E-state index in [1.54, 1.807) is 12.1 Å². The van der Waals surface area contributed by atoms with E-state index in [4.69, 9.17) is 0 Å². The molecule has 2 N–H and O–H groups in total. The lowest BCUT2D eigenvalue weighted by atomic mass is 10.2. The molecule has 0 fully saturated rings. The van der Waals surface area contributed by atoms with Crippen LogP contribution in [-0.4, -0.2) is 24.6 Å². The number of carbonyl (C=O) groups is 2. The lowest BCUT2D eigenvalue weighted by Crippen LogP contribution is -2.29. The van der Waals surface area contributed by atoms with Crippen molar-refractivity contribution < 1.29 is 14.0 Å². The van der Waals surface area contributed by atoms with Crippen molar-refractivity contribution >= 4 is 24.1 Å². The summed E-state index contributed by atoms with van der Waals surface area (Å²) in [6.45, 7) is 0.0916. The number of halogens is 1. The van der Waals surface area contributed by atoms with Gasteiger partial charge in [0.15, 0.2) is 0 Å². The minimum Gasteiger partial charge on any atom is -0.351 e. The minimum absolute atomic E-state index is 0.0416. The fourth-order valence-electron chi connectivity index (χ4n) is 1.96. The maximum atomic E-state index is 13.4. The van der Waals surface area contributed by atoms with Crippen LogP contribution in [-0.2, 0) is 4.79 Å². The summed E-state index contributed by atoms with van der Waals surface area (Å²) in [5.74, 6) is -1.50. The van der Waals surface area contributed by atoms with Crippen LogP contribution in [0.5, 0.6) is 0 Å². The van der Waals surface area contributed by atoms with Crippen LogP contribution in [0.3, 0.4) is 0 Å². The van der Waals surface area contributed by atoms with Gasteiger partial charge in [0.05, 0.1) is 5.56 Å². The summed E-state index contributed by atoms with van der Waals surface area (Å²) in [5.41, 5.74) is 3.32. The van der Waals surface area contributed by atoms with Crippen molar-refractivity contribution in [2.24, 2.45) is 5.10 Å². The number of rotatable bonds is 7. The van der Waals surface area contributed by atoms with E-state index in [2.05, 4.69) is 15.8 Å². The van der Waals surface area contributed by atoms with Gasteiger partial charge in [-0.1, -0.05) is 48.5 Å². The van der Waals surface area contributed by atoms with Gasteiger partial charge in [-0.2, -0.15) is 5.10 Å². The van der Waals surface area contributed by atoms with Crippen LogP contribution in [0.15, 0.2) is 65.8 Å². The highest BCUT2D eigenvalue weighted by Gasteiger charge is 2.10. The summed E-state index contributed by atoms with van der Waals surface area (Å²) >= 11 is 0. The third kappa shape index (κ3) is 6.39. The molecule has 0 aromatic heterocycles. The molecule has 0 aliphatic carbocycles. The van der Waals surface area contributed by atoms with Gasteiger partial charge in [0.25, 0.3) is 5.91 Å². The van der Waals surface area contributed by atoms with Crippen LogP contribution in [0.25, 0.3) is 6.08 Å². The summed E-state index contributed by atoms with van der Waals surface area (Å²) in [5, 5.41) is 6.26. The molecule has 0 spiro atoms. The Bertz CT molecular complexity index is 773. The first-order chi connectivity index (χ1) is 12.2. The highest BCUT2D eigenvalue weighted by Crippen LogP contribution is 2.05. The first kappa shape index (κ1) is 18.1. The number of benzene rings is 2. The molecule has 25 heavy (non-hydrogen) atoms. The van der Waals surface area contributed by atoms with Crippen molar-refractivity contribution in [1.82, 2.24) is 10.7 Å². The molecule has 0 radical (unpaired) electrons. The van der Waals surface area contributed by atoms with E-state index < -0.39 is 11.7 Å². The quantitative estimate of drug-likeness (QED) is 0.601. The molecule has 0 saturated heterocycles. The molecule has 128 valence electrons. The van der Waals surface area contributed by atoms with E-state index in [9.17, 15) is 14.0 Å². The summed E-state index contributed by atoms with van der Waals surface area (Å²) in [6, 6.07) is 15.3. The number of nitrogens with one attached hydrogen (secondary N) is 2. The fraction of sp³-hybridized carbons (Fsp3) is 0.105. The Balaban J connectivity index is 1.67. The van der Waals surface area contributed by atoms with Crippen molar-refractivity contribution in [2.75, 3.05) is 6.54 Å². The van der Waals surface area contributed by atoms with Gasteiger partial charge < -0.3 is 5.32 Å². The average molecular weight is 339 g/mol. The molecule has 2 rings (SSSR count). The molecule has 5 nitrogen and oxygen atoms in total. The molecule has 2 aromatic carbocycles. The predicted octanol–water partition coefficient (Wildman–Crippen LogP) is 2.76. The third-order valence-electron chi connectivity index (χ3n) is 3.19. The molecule has 0 aliphatic rings. The van der Waals surface area contributed by atoms with Gasteiger partial charge in [-0.25, -0.2) is 9.82 Å². The highest BCUT2D eigenvalue weighted by molar-refractivity contribution is 5.94.